The number of hydrogen-bond donors (Lipinski definition) is 2. The third kappa shape index (κ3) is 4.84. The second-order valence-electron chi connectivity index (χ2n) is 8.64. The molecule has 1 fully saturated rings. The summed E-state index contributed by atoms with van der Waals surface area (Å²) in [6.07, 6.45) is 2.82. The van der Waals surface area contributed by atoms with E-state index in [1.54, 1.807) is 24.3 Å². The molecular formula is C23H31ClN2O2RuS+2. The summed E-state index contributed by atoms with van der Waals surface area (Å²) < 4.78 is 29.8. The fourth-order valence-electron chi connectivity index (χ4n) is 4.30. The monoisotopic (exact) mass is 536 g/mol. The van der Waals surface area contributed by atoms with E-state index in [4.69, 9.17) is 17.3 Å². The summed E-state index contributed by atoms with van der Waals surface area (Å²) in [6, 6.07) is 13.0. The minimum Gasteiger partial charge on any atom is -0.311 e. The predicted octanol–water partition coefficient (Wildman–Crippen LogP) is 5.07. The zero-order chi connectivity index (χ0) is 21.4. The van der Waals surface area contributed by atoms with Crippen molar-refractivity contribution in [2.45, 2.75) is 74.7 Å². The number of sulfonamides is 1. The Kier molecular flexibility index (Phi) is 7.97. The van der Waals surface area contributed by atoms with Crippen molar-refractivity contribution < 1.29 is 27.9 Å². The first-order valence-electron chi connectivity index (χ1n) is 10.2. The fourth-order valence-corrected chi connectivity index (χ4v) is 6.20. The van der Waals surface area contributed by atoms with Gasteiger partial charge >= 0.3 is 19.5 Å². The molecule has 0 unspecified atom stereocenters. The van der Waals surface area contributed by atoms with Crippen molar-refractivity contribution in [1.29, 1.82) is 0 Å². The van der Waals surface area contributed by atoms with Gasteiger partial charge in [-0.25, -0.2) is 8.42 Å². The largest absolute Gasteiger partial charge is 2.00 e. The SMILES string of the molecule is Cc1ccc(S(=O)(=O)N[C@]2(c3ccc(C)cc3C(C)C)CCCC[C@]2(N)Cl)cc1.[Ru+2]. The van der Waals surface area contributed by atoms with Gasteiger partial charge in [0.2, 0.25) is 10.0 Å². The Morgan fingerprint density at radius 2 is 1.57 bits per heavy atom. The molecule has 1 aliphatic carbocycles. The number of rotatable bonds is 5. The van der Waals surface area contributed by atoms with E-state index in [1.165, 1.54) is 0 Å². The number of halogens is 1. The normalized spacial score (nSPS) is 24.5. The zero-order valence-electron chi connectivity index (χ0n) is 18.0. The standard InChI is InChI=1S/C23H31ClN2O2S.Ru/c1-16(2)20-15-18(4)9-12-21(20)22(13-5-6-14-23(22,24)25)26-29(27,28)19-10-7-17(3)8-11-19;/h7-12,15-16,26H,5-6,13-14,25H2,1-4H3;/q;+2/t22-,23+;/m0./s1. The number of benzene rings is 2. The summed E-state index contributed by atoms with van der Waals surface area (Å²) >= 11 is 6.92. The summed E-state index contributed by atoms with van der Waals surface area (Å²) in [5.41, 5.74) is 9.65. The fraction of sp³-hybridized carbons (Fsp3) is 0.478. The van der Waals surface area contributed by atoms with Gasteiger partial charge in [-0.15, -0.1) is 0 Å². The zero-order valence-corrected chi connectivity index (χ0v) is 21.3. The molecule has 2 aromatic rings. The van der Waals surface area contributed by atoms with Crippen molar-refractivity contribution in [1.82, 2.24) is 4.72 Å². The minimum atomic E-state index is -3.82. The third-order valence-corrected chi connectivity index (χ3v) is 8.00. The maximum atomic E-state index is 13.4. The first kappa shape index (κ1) is 25.5. The van der Waals surface area contributed by atoms with E-state index in [0.717, 1.165) is 35.1 Å². The van der Waals surface area contributed by atoms with Crippen LogP contribution in [-0.4, -0.2) is 13.4 Å². The van der Waals surface area contributed by atoms with Gasteiger partial charge < -0.3 is 5.73 Å². The summed E-state index contributed by atoms with van der Waals surface area (Å²) in [7, 11) is -3.82. The van der Waals surface area contributed by atoms with E-state index < -0.39 is 20.6 Å². The van der Waals surface area contributed by atoms with Crippen molar-refractivity contribution in [2.24, 2.45) is 5.73 Å². The van der Waals surface area contributed by atoms with Gasteiger partial charge in [-0.3, -0.25) is 0 Å². The number of alkyl halides is 1. The van der Waals surface area contributed by atoms with Crippen molar-refractivity contribution >= 4 is 21.6 Å². The molecule has 3 N–H and O–H groups in total. The summed E-state index contributed by atoms with van der Waals surface area (Å²) in [4.78, 5) is -0.999. The van der Waals surface area contributed by atoms with E-state index in [2.05, 4.69) is 24.6 Å². The van der Waals surface area contributed by atoms with Crippen LogP contribution in [-0.2, 0) is 35.0 Å². The number of hydrogen-bond acceptors (Lipinski definition) is 3. The Balaban J connectivity index is 0.00000320. The summed E-state index contributed by atoms with van der Waals surface area (Å²) in [6.45, 7) is 8.18. The number of aryl methyl sites for hydroxylation is 2. The quantitative estimate of drug-likeness (QED) is 0.319. The first-order chi connectivity index (χ1) is 13.5. The molecule has 3 rings (SSSR count). The van der Waals surface area contributed by atoms with Gasteiger partial charge in [-0.2, -0.15) is 4.72 Å². The average molecular weight is 536 g/mol. The van der Waals surface area contributed by atoms with Crippen molar-refractivity contribution in [3.8, 4) is 0 Å². The molecule has 7 heteroatoms. The van der Waals surface area contributed by atoms with Crippen LogP contribution in [0.4, 0.5) is 0 Å². The molecule has 2 atom stereocenters. The molecule has 0 saturated heterocycles. The molecule has 0 amide bonds. The molecule has 164 valence electrons. The van der Waals surface area contributed by atoms with Crippen LogP contribution in [0.2, 0.25) is 0 Å². The number of nitrogens with one attached hydrogen (secondary N) is 1. The smallest absolute Gasteiger partial charge is 0.311 e. The van der Waals surface area contributed by atoms with Crippen molar-refractivity contribution in [3.05, 3.63) is 64.7 Å². The topological polar surface area (TPSA) is 72.2 Å². The van der Waals surface area contributed by atoms with Gasteiger partial charge in [0.15, 0.2) is 0 Å². The van der Waals surface area contributed by atoms with Crippen LogP contribution in [0.3, 0.4) is 0 Å². The molecule has 1 saturated carbocycles. The van der Waals surface area contributed by atoms with Crippen LogP contribution in [0.5, 0.6) is 0 Å². The summed E-state index contributed by atoms with van der Waals surface area (Å²) in [5, 5.41) is 0. The Bertz CT molecular complexity index is 991. The average Bonchev–Trinajstić information content (AvgIpc) is 2.63. The summed E-state index contributed by atoms with van der Waals surface area (Å²) in [5.74, 6) is 0.208. The van der Waals surface area contributed by atoms with Crippen LogP contribution in [0.15, 0.2) is 47.4 Å². The van der Waals surface area contributed by atoms with Crippen LogP contribution >= 0.6 is 11.6 Å². The predicted molar refractivity (Wildman–Crippen MR) is 120 cm³/mol. The second-order valence-corrected chi connectivity index (χ2v) is 11.0. The van der Waals surface area contributed by atoms with Gasteiger partial charge in [0.05, 0.1) is 10.4 Å². The van der Waals surface area contributed by atoms with Gasteiger partial charge in [-0.05, 0) is 55.9 Å². The van der Waals surface area contributed by atoms with Gasteiger partial charge in [0, 0.05) is 0 Å². The molecule has 0 aromatic heterocycles. The van der Waals surface area contributed by atoms with E-state index >= 15 is 0 Å². The third-order valence-electron chi connectivity index (χ3n) is 5.98. The Morgan fingerprint density at radius 1 is 1.00 bits per heavy atom. The molecule has 0 aliphatic heterocycles. The maximum Gasteiger partial charge on any atom is 2.00 e. The van der Waals surface area contributed by atoms with Gasteiger partial charge in [-0.1, -0.05) is 79.7 Å². The van der Waals surface area contributed by atoms with Crippen LogP contribution in [0.1, 0.15) is 67.7 Å². The number of nitrogens with two attached hydrogens (primary N) is 1. The van der Waals surface area contributed by atoms with E-state index in [-0.39, 0.29) is 30.3 Å². The molecule has 2 aromatic carbocycles. The molecule has 30 heavy (non-hydrogen) atoms. The van der Waals surface area contributed by atoms with E-state index in [9.17, 15) is 8.42 Å². The molecule has 0 spiro atoms. The Hall–Kier alpha value is -0.777. The minimum absolute atomic E-state index is 0. The maximum absolute atomic E-state index is 13.4. The molecular weight excluding hydrogens is 505 g/mol. The Labute approximate surface area is 198 Å². The van der Waals surface area contributed by atoms with E-state index in [1.807, 2.05) is 26.0 Å². The van der Waals surface area contributed by atoms with Crippen molar-refractivity contribution in [3.63, 3.8) is 0 Å². The van der Waals surface area contributed by atoms with Crippen molar-refractivity contribution in [2.75, 3.05) is 0 Å². The van der Waals surface area contributed by atoms with E-state index in [0.29, 0.717) is 12.8 Å². The Morgan fingerprint density at radius 3 is 2.13 bits per heavy atom. The van der Waals surface area contributed by atoms with Crippen LogP contribution in [0, 0.1) is 13.8 Å². The molecule has 1 aliphatic rings. The second kappa shape index (κ2) is 9.38. The molecule has 0 radical (unpaired) electrons. The van der Waals surface area contributed by atoms with Gasteiger partial charge in [0.1, 0.15) is 5.00 Å². The van der Waals surface area contributed by atoms with Crippen LogP contribution in [0.25, 0.3) is 0 Å². The molecule has 0 bridgehead atoms. The first-order valence-corrected chi connectivity index (χ1v) is 12.0. The van der Waals surface area contributed by atoms with Gasteiger partial charge in [0.25, 0.3) is 0 Å². The van der Waals surface area contributed by atoms with Crippen LogP contribution < -0.4 is 10.5 Å². The molecule has 4 nitrogen and oxygen atoms in total. The molecule has 0 heterocycles.